The predicted molar refractivity (Wildman–Crippen MR) is 56.4 cm³/mol. The molecular weight excluding hydrogens is 190 g/mol. The van der Waals surface area contributed by atoms with Crippen molar-refractivity contribution < 1.29 is 4.52 Å². The van der Waals surface area contributed by atoms with E-state index in [-0.39, 0.29) is 0 Å². The number of nitrogens with zero attached hydrogens (tertiary/aromatic N) is 2. The molecular formula is C11H13N3O. The normalized spacial score (nSPS) is 15.3. The smallest absolute Gasteiger partial charge is 0.133 e. The zero-order valence-electron chi connectivity index (χ0n) is 8.66. The fourth-order valence-corrected chi connectivity index (χ4v) is 2.11. The minimum absolute atomic E-state index is 0.949. The maximum atomic E-state index is 4.98. The number of aryl methyl sites for hydroxylation is 1. The predicted octanol–water partition coefficient (Wildman–Crippen LogP) is 1.55. The van der Waals surface area contributed by atoms with Crippen LogP contribution in [0.1, 0.15) is 11.4 Å². The lowest BCUT2D eigenvalue weighted by Gasteiger charge is -2.18. The minimum atomic E-state index is 0.949. The molecule has 1 aliphatic rings. The molecule has 0 aromatic carbocycles. The number of fused-ring (bicyclic) bond motifs is 1. The Bertz CT molecular complexity index is 484. The number of rotatable bonds is 1. The molecule has 78 valence electrons. The molecule has 3 heterocycles. The Morgan fingerprint density at radius 3 is 3.20 bits per heavy atom. The van der Waals surface area contributed by atoms with Gasteiger partial charge in [0, 0.05) is 25.3 Å². The zero-order chi connectivity index (χ0) is 10.3. The van der Waals surface area contributed by atoms with Crippen LogP contribution in [0, 0.1) is 6.92 Å². The highest BCUT2D eigenvalue weighted by Gasteiger charge is 2.15. The molecule has 3 rings (SSSR count). The van der Waals surface area contributed by atoms with Gasteiger partial charge in [0.05, 0.1) is 17.0 Å². The van der Waals surface area contributed by atoms with Crippen LogP contribution in [0.4, 0.5) is 0 Å². The van der Waals surface area contributed by atoms with Gasteiger partial charge in [0.1, 0.15) is 6.26 Å². The van der Waals surface area contributed by atoms with Crippen molar-refractivity contribution in [1.29, 1.82) is 0 Å². The highest BCUT2D eigenvalue weighted by molar-refractivity contribution is 5.62. The Labute approximate surface area is 87.9 Å². The van der Waals surface area contributed by atoms with Crippen molar-refractivity contribution in [1.82, 2.24) is 15.0 Å². The van der Waals surface area contributed by atoms with Crippen LogP contribution >= 0.6 is 0 Å². The van der Waals surface area contributed by atoms with E-state index in [0.29, 0.717) is 0 Å². The van der Waals surface area contributed by atoms with E-state index >= 15 is 0 Å². The largest absolute Gasteiger partial charge is 0.364 e. The molecule has 0 amide bonds. The molecule has 1 N–H and O–H groups in total. The van der Waals surface area contributed by atoms with E-state index in [1.54, 1.807) is 6.26 Å². The molecule has 0 aliphatic carbocycles. The molecule has 0 unspecified atom stereocenters. The first-order chi connectivity index (χ1) is 7.36. The van der Waals surface area contributed by atoms with E-state index in [1.807, 2.05) is 6.92 Å². The van der Waals surface area contributed by atoms with Crippen molar-refractivity contribution in [3.63, 3.8) is 0 Å². The first-order valence-electron chi connectivity index (χ1n) is 5.17. The summed E-state index contributed by atoms with van der Waals surface area (Å²) in [4.78, 5) is 0. The average molecular weight is 203 g/mol. The SMILES string of the molecule is Cc1nocc1-c1ccc2n1CCNC2. The maximum absolute atomic E-state index is 4.98. The van der Waals surface area contributed by atoms with Crippen molar-refractivity contribution in [3.05, 3.63) is 29.8 Å². The monoisotopic (exact) mass is 203 g/mol. The van der Waals surface area contributed by atoms with E-state index in [9.17, 15) is 0 Å². The van der Waals surface area contributed by atoms with Crippen LogP contribution in [0.2, 0.25) is 0 Å². The van der Waals surface area contributed by atoms with Gasteiger partial charge < -0.3 is 14.4 Å². The molecule has 0 spiro atoms. The summed E-state index contributed by atoms with van der Waals surface area (Å²) in [6, 6.07) is 4.30. The average Bonchev–Trinajstić information content (AvgIpc) is 2.83. The maximum Gasteiger partial charge on any atom is 0.133 e. The van der Waals surface area contributed by atoms with Gasteiger partial charge in [-0.2, -0.15) is 0 Å². The first kappa shape index (κ1) is 8.73. The van der Waals surface area contributed by atoms with Crippen LogP contribution in [0.3, 0.4) is 0 Å². The van der Waals surface area contributed by atoms with Crippen molar-refractivity contribution in [2.75, 3.05) is 6.54 Å². The lowest BCUT2D eigenvalue weighted by molar-refractivity contribution is 0.415. The van der Waals surface area contributed by atoms with Gasteiger partial charge in [-0.1, -0.05) is 5.16 Å². The molecule has 0 radical (unpaired) electrons. The third-order valence-corrected chi connectivity index (χ3v) is 2.92. The summed E-state index contributed by atoms with van der Waals surface area (Å²) in [6.07, 6.45) is 1.72. The Morgan fingerprint density at radius 1 is 1.47 bits per heavy atom. The number of aromatic nitrogens is 2. The standard InChI is InChI=1S/C11H13N3O/c1-8-10(7-15-13-8)11-3-2-9-6-12-4-5-14(9)11/h2-3,7,12H,4-6H2,1H3. The molecule has 2 aromatic rings. The summed E-state index contributed by atoms with van der Waals surface area (Å²) in [7, 11) is 0. The molecule has 0 fully saturated rings. The van der Waals surface area contributed by atoms with Crippen molar-refractivity contribution in [2.45, 2.75) is 20.0 Å². The molecule has 2 aromatic heterocycles. The van der Waals surface area contributed by atoms with Gasteiger partial charge >= 0.3 is 0 Å². The van der Waals surface area contributed by atoms with E-state index < -0.39 is 0 Å². The Morgan fingerprint density at radius 2 is 2.40 bits per heavy atom. The van der Waals surface area contributed by atoms with E-state index in [1.165, 1.54) is 11.4 Å². The number of nitrogens with one attached hydrogen (secondary N) is 1. The summed E-state index contributed by atoms with van der Waals surface area (Å²) in [5, 5.41) is 7.27. The molecule has 15 heavy (non-hydrogen) atoms. The molecule has 4 heteroatoms. The van der Waals surface area contributed by atoms with Crippen molar-refractivity contribution in [3.8, 4) is 11.3 Å². The second-order valence-corrected chi connectivity index (χ2v) is 3.85. The summed E-state index contributed by atoms with van der Waals surface area (Å²) < 4.78 is 7.31. The highest BCUT2D eigenvalue weighted by Crippen LogP contribution is 2.26. The van der Waals surface area contributed by atoms with Gasteiger partial charge in [0.15, 0.2) is 0 Å². The van der Waals surface area contributed by atoms with Gasteiger partial charge in [0.2, 0.25) is 0 Å². The number of hydrogen-bond donors (Lipinski definition) is 1. The van der Waals surface area contributed by atoms with E-state index in [4.69, 9.17) is 4.52 Å². The van der Waals surface area contributed by atoms with Crippen LogP contribution in [-0.2, 0) is 13.1 Å². The molecule has 0 bridgehead atoms. The van der Waals surface area contributed by atoms with Crippen LogP contribution in [-0.4, -0.2) is 16.3 Å². The second kappa shape index (κ2) is 3.24. The van der Waals surface area contributed by atoms with Gasteiger partial charge in [-0.05, 0) is 19.1 Å². The molecule has 0 atom stereocenters. The van der Waals surface area contributed by atoms with Gasteiger partial charge in [-0.3, -0.25) is 0 Å². The summed E-state index contributed by atoms with van der Waals surface area (Å²) >= 11 is 0. The minimum Gasteiger partial charge on any atom is -0.364 e. The summed E-state index contributed by atoms with van der Waals surface area (Å²) in [6.45, 7) is 4.96. The lowest BCUT2D eigenvalue weighted by atomic mass is 10.2. The Hall–Kier alpha value is -1.55. The summed E-state index contributed by atoms with van der Waals surface area (Å²) in [5.41, 5.74) is 4.60. The molecule has 1 aliphatic heterocycles. The number of hydrogen-bond acceptors (Lipinski definition) is 3. The molecule has 0 saturated carbocycles. The van der Waals surface area contributed by atoms with Gasteiger partial charge in [0.25, 0.3) is 0 Å². The first-order valence-corrected chi connectivity index (χ1v) is 5.17. The zero-order valence-corrected chi connectivity index (χ0v) is 8.66. The van der Waals surface area contributed by atoms with Crippen molar-refractivity contribution >= 4 is 0 Å². The third-order valence-electron chi connectivity index (χ3n) is 2.92. The lowest BCUT2D eigenvalue weighted by Crippen LogP contribution is -2.27. The van der Waals surface area contributed by atoms with Gasteiger partial charge in [-0.15, -0.1) is 0 Å². The topological polar surface area (TPSA) is 43.0 Å². The van der Waals surface area contributed by atoms with Crippen LogP contribution in [0.5, 0.6) is 0 Å². The fraction of sp³-hybridized carbons (Fsp3) is 0.364. The van der Waals surface area contributed by atoms with Crippen molar-refractivity contribution in [2.24, 2.45) is 0 Å². The van der Waals surface area contributed by atoms with Crippen LogP contribution < -0.4 is 5.32 Å². The van der Waals surface area contributed by atoms with Gasteiger partial charge in [-0.25, -0.2) is 0 Å². The molecule has 4 nitrogen and oxygen atoms in total. The Kier molecular flexibility index (Phi) is 1.89. The Balaban J connectivity index is 2.13. The third kappa shape index (κ3) is 1.29. The molecule has 0 saturated heterocycles. The summed E-state index contributed by atoms with van der Waals surface area (Å²) in [5.74, 6) is 0. The fourth-order valence-electron chi connectivity index (χ4n) is 2.11. The van der Waals surface area contributed by atoms with Crippen LogP contribution in [0.25, 0.3) is 11.3 Å². The van der Waals surface area contributed by atoms with E-state index in [0.717, 1.165) is 30.9 Å². The second-order valence-electron chi connectivity index (χ2n) is 3.85. The van der Waals surface area contributed by atoms with Crippen LogP contribution in [0.15, 0.2) is 22.9 Å². The van der Waals surface area contributed by atoms with E-state index in [2.05, 4.69) is 27.2 Å². The quantitative estimate of drug-likeness (QED) is 0.764. The highest BCUT2D eigenvalue weighted by atomic mass is 16.5.